The average molecular weight is 448 g/mol. The monoisotopic (exact) mass is 447 g/mol. The number of ether oxygens (including phenoxy) is 1. The Labute approximate surface area is 195 Å². The lowest BCUT2D eigenvalue weighted by Crippen LogP contribution is -2.44. The van der Waals surface area contributed by atoms with Gasteiger partial charge in [-0.3, -0.25) is 9.48 Å². The Balaban J connectivity index is 1.61. The number of hydrogen-bond donors (Lipinski definition) is 1. The molecule has 1 amide bonds. The van der Waals surface area contributed by atoms with Crippen molar-refractivity contribution in [2.24, 2.45) is 5.92 Å². The normalized spacial score (nSPS) is 16.2. The summed E-state index contributed by atoms with van der Waals surface area (Å²) in [6.45, 7) is 6.78. The van der Waals surface area contributed by atoms with Gasteiger partial charge in [-0.15, -0.1) is 0 Å². The van der Waals surface area contributed by atoms with E-state index in [1.54, 1.807) is 11.0 Å². The minimum atomic E-state index is -0.0110. The summed E-state index contributed by atoms with van der Waals surface area (Å²) < 4.78 is 8.09. The first-order valence-electron chi connectivity index (χ1n) is 11.7. The lowest BCUT2D eigenvalue weighted by Gasteiger charge is -2.33. The van der Waals surface area contributed by atoms with Crippen molar-refractivity contribution in [1.29, 1.82) is 0 Å². The third-order valence-corrected chi connectivity index (χ3v) is 5.98. The summed E-state index contributed by atoms with van der Waals surface area (Å²) in [5, 5.41) is 7.70. The van der Waals surface area contributed by atoms with Crippen LogP contribution in [0.25, 0.3) is 0 Å². The zero-order chi connectivity index (χ0) is 23.0. The fourth-order valence-corrected chi connectivity index (χ4v) is 4.32. The first kappa shape index (κ1) is 22.8. The second kappa shape index (κ2) is 11.0. The molecule has 0 bridgehead atoms. The highest BCUT2D eigenvalue weighted by molar-refractivity contribution is 5.77. The maximum atomic E-state index is 13.5. The van der Waals surface area contributed by atoms with Crippen molar-refractivity contribution in [1.82, 2.24) is 19.7 Å². The molecule has 0 saturated carbocycles. The quantitative estimate of drug-likeness (QED) is 0.602. The van der Waals surface area contributed by atoms with E-state index in [0.29, 0.717) is 38.6 Å². The number of nitrogens with zero attached hydrogens (tertiary/aromatic N) is 4. The predicted molar refractivity (Wildman–Crippen MR) is 129 cm³/mol. The first-order valence-corrected chi connectivity index (χ1v) is 11.7. The number of benzene rings is 2. The van der Waals surface area contributed by atoms with Gasteiger partial charge in [0.25, 0.3) is 0 Å². The van der Waals surface area contributed by atoms with E-state index in [9.17, 15) is 4.79 Å². The summed E-state index contributed by atoms with van der Waals surface area (Å²) in [6, 6.07) is 16.4. The van der Waals surface area contributed by atoms with Crippen LogP contribution in [0, 0.1) is 5.92 Å². The number of aromatic nitrogens is 3. The largest absolute Gasteiger partial charge is 0.491 e. The molecule has 2 heterocycles. The summed E-state index contributed by atoms with van der Waals surface area (Å²) in [4.78, 5) is 19.5. The molecule has 0 spiro atoms. The minimum Gasteiger partial charge on any atom is -0.491 e. The zero-order valence-electron chi connectivity index (χ0n) is 19.5. The van der Waals surface area contributed by atoms with Crippen LogP contribution in [0.1, 0.15) is 44.2 Å². The van der Waals surface area contributed by atoms with Crippen LogP contribution in [0.5, 0.6) is 5.75 Å². The van der Waals surface area contributed by atoms with Crippen molar-refractivity contribution in [3.8, 4) is 5.75 Å². The molecular weight excluding hydrogens is 414 g/mol. The predicted octanol–water partition coefficient (Wildman–Crippen LogP) is 4.51. The van der Waals surface area contributed by atoms with Gasteiger partial charge in [0.15, 0.2) is 0 Å². The Morgan fingerprint density at radius 2 is 1.94 bits per heavy atom. The molecule has 1 aliphatic rings. The van der Waals surface area contributed by atoms with Crippen LogP contribution in [-0.2, 0) is 24.4 Å². The van der Waals surface area contributed by atoms with Gasteiger partial charge in [-0.05, 0) is 36.5 Å². The fourth-order valence-electron chi connectivity index (χ4n) is 4.32. The SMILES string of the molecule is CC(C)C[C@H]1COc2ccccc2CNc2ccccc2CN1C(=O)CCCn1cncn1. The summed E-state index contributed by atoms with van der Waals surface area (Å²) in [5.74, 6) is 1.46. The minimum absolute atomic E-state index is 0.0110. The molecule has 0 fully saturated rings. The molecule has 0 unspecified atom stereocenters. The molecular formula is C26H33N5O2. The van der Waals surface area contributed by atoms with E-state index in [1.807, 2.05) is 35.2 Å². The molecule has 7 heteroatoms. The van der Waals surface area contributed by atoms with Crippen molar-refractivity contribution in [3.05, 3.63) is 72.3 Å². The number of aryl methyl sites for hydroxylation is 1. The smallest absolute Gasteiger partial charge is 0.223 e. The van der Waals surface area contributed by atoms with Crippen LogP contribution >= 0.6 is 0 Å². The van der Waals surface area contributed by atoms with E-state index in [-0.39, 0.29) is 11.9 Å². The van der Waals surface area contributed by atoms with Gasteiger partial charge in [-0.1, -0.05) is 50.2 Å². The molecule has 0 saturated heterocycles. The van der Waals surface area contributed by atoms with Crippen molar-refractivity contribution >= 4 is 11.6 Å². The summed E-state index contributed by atoms with van der Waals surface area (Å²) >= 11 is 0. The van der Waals surface area contributed by atoms with Crippen LogP contribution in [0.15, 0.2) is 61.2 Å². The molecule has 1 aliphatic heterocycles. The van der Waals surface area contributed by atoms with Crippen molar-refractivity contribution in [3.63, 3.8) is 0 Å². The highest BCUT2D eigenvalue weighted by Crippen LogP contribution is 2.27. The standard InChI is InChI=1S/C26H33N5O2/c1-20(2)14-23-17-33-25-11-6-4-8-21(25)15-28-24-10-5-3-9-22(24)16-31(23)26(32)12-7-13-30-19-27-18-29-30/h3-6,8-11,18-20,23,28H,7,12-17H2,1-2H3/t23-/m0/s1. The van der Waals surface area contributed by atoms with E-state index in [2.05, 4.69) is 47.4 Å². The van der Waals surface area contributed by atoms with Crippen LogP contribution < -0.4 is 10.1 Å². The van der Waals surface area contributed by atoms with E-state index in [1.165, 1.54) is 6.33 Å². The van der Waals surface area contributed by atoms with Crippen molar-refractivity contribution in [2.45, 2.75) is 58.8 Å². The second-order valence-electron chi connectivity index (χ2n) is 9.00. The van der Waals surface area contributed by atoms with Gasteiger partial charge in [-0.2, -0.15) is 5.10 Å². The molecule has 0 radical (unpaired) electrons. The Kier molecular flexibility index (Phi) is 7.60. The zero-order valence-corrected chi connectivity index (χ0v) is 19.5. The number of nitrogens with one attached hydrogen (secondary N) is 1. The number of carbonyl (C=O) groups excluding carboxylic acids is 1. The van der Waals surface area contributed by atoms with Gasteiger partial charge < -0.3 is 15.0 Å². The number of hydrogen-bond acceptors (Lipinski definition) is 5. The molecule has 1 N–H and O–H groups in total. The highest BCUT2D eigenvalue weighted by Gasteiger charge is 2.27. The van der Waals surface area contributed by atoms with E-state index in [0.717, 1.165) is 35.4 Å². The van der Waals surface area contributed by atoms with Gasteiger partial charge in [0.2, 0.25) is 5.91 Å². The van der Waals surface area contributed by atoms with Crippen molar-refractivity contribution in [2.75, 3.05) is 11.9 Å². The highest BCUT2D eigenvalue weighted by atomic mass is 16.5. The van der Waals surface area contributed by atoms with Crippen LogP contribution in [0.2, 0.25) is 0 Å². The van der Waals surface area contributed by atoms with Gasteiger partial charge in [-0.25, -0.2) is 4.98 Å². The molecule has 3 aromatic rings. The van der Waals surface area contributed by atoms with Gasteiger partial charge in [0.05, 0.1) is 6.04 Å². The van der Waals surface area contributed by atoms with E-state index >= 15 is 0 Å². The molecule has 33 heavy (non-hydrogen) atoms. The molecule has 2 aromatic carbocycles. The lowest BCUT2D eigenvalue weighted by atomic mass is 10.0. The summed E-state index contributed by atoms with van der Waals surface area (Å²) in [6.07, 6.45) is 5.27. The maximum absolute atomic E-state index is 13.5. The average Bonchev–Trinajstić information content (AvgIpc) is 3.32. The molecule has 1 atom stereocenters. The number of anilines is 1. The Morgan fingerprint density at radius 3 is 2.73 bits per heavy atom. The van der Waals surface area contributed by atoms with Crippen LogP contribution in [-0.4, -0.2) is 38.2 Å². The van der Waals surface area contributed by atoms with Crippen LogP contribution in [0.4, 0.5) is 5.69 Å². The number of amides is 1. The fraction of sp³-hybridized carbons (Fsp3) is 0.423. The summed E-state index contributed by atoms with van der Waals surface area (Å²) in [5.41, 5.74) is 3.29. The second-order valence-corrected chi connectivity index (χ2v) is 9.00. The number of para-hydroxylation sites is 2. The first-order chi connectivity index (χ1) is 16.1. The molecule has 7 nitrogen and oxygen atoms in total. The van der Waals surface area contributed by atoms with Gasteiger partial charge >= 0.3 is 0 Å². The molecule has 174 valence electrons. The Hall–Kier alpha value is -3.35. The Morgan fingerprint density at radius 1 is 1.15 bits per heavy atom. The molecule has 4 rings (SSSR count). The third-order valence-electron chi connectivity index (χ3n) is 5.98. The maximum Gasteiger partial charge on any atom is 0.223 e. The third kappa shape index (κ3) is 6.12. The Bertz CT molecular complexity index is 1030. The number of fused-ring (bicyclic) bond motifs is 2. The van der Waals surface area contributed by atoms with E-state index in [4.69, 9.17) is 4.74 Å². The number of rotatable bonds is 6. The summed E-state index contributed by atoms with van der Waals surface area (Å²) in [7, 11) is 0. The van der Waals surface area contributed by atoms with Gasteiger partial charge in [0, 0.05) is 37.3 Å². The van der Waals surface area contributed by atoms with E-state index < -0.39 is 0 Å². The number of carbonyl (C=O) groups is 1. The van der Waals surface area contributed by atoms with Gasteiger partial charge in [0.1, 0.15) is 25.0 Å². The van der Waals surface area contributed by atoms with Crippen LogP contribution in [0.3, 0.4) is 0 Å². The van der Waals surface area contributed by atoms with Crippen molar-refractivity contribution < 1.29 is 9.53 Å². The molecule has 1 aromatic heterocycles. The topological polar surface area (TPSA) is 72.3 Å². The molecule has 0 aliphatic carbocycles. The lowest BCUT2D eigenvalue weighted by molar-refractivity contribution is -0.135.